The molecular weight excluding hydrogens is 172 g/mol. The van der Waals surface area contributed by atoms with Crippen LogP contribution in [-0.4, -0.2) is 18.1 Å². The largest absolute Gasteiger partial charge is 0.370 e. The van der Waals surface area contributed by atoms with Crippen molar-refractivity contribution in [3.05, 3.63) is 23.0 Å². The van der Waals surface area contributed by atoms with Gasteiger partial charge in [-0.05, 0) is 46.2 Å². The minimum absolute atomic E-state index is 1.04. The van der Waals surface area contributed by atoms with Crippen LogP contribution in [0.25, 0.3) is 0 Å². The molecule has 0 aliphatic rings. The van der Waals surface area contributed by atoms with Crippen molar-refractivity contribution in [2.24, 2.45) is 0 Å². The molecule has 0 bridgehead atoms. The van der Waals surface area contributed by atoms with Crippen molar-refractivity contribution in [2.75, 3.05) is 18.0 Å². The zero-order valence-electron chi connectivity index (χ0n) is 9.89. The van der Waals surface area contributed by atoms with Crippen molar-refractivity contribution >= 4 is 5.69 Å². The molecule has 0 fully saturated rings. The van der Waals surface area contributed by atoms with Crippen molar-refractivity contribution in [1.29, 1.82) is 0 Å². The van der Waals surface area contributed by atoms with Crippen LogP contribution in [0.4, 0.5) is 5.69 Å². The first kappa shape index (κ1) is 11.0. The van der Waals surface area contributed by atoms with Crippen molar-refractivity contribution in [1.82, 2.24) is 4.98 Å². The summed E-state index contributed by atoms with van der Waals surface area (Å²) in [7, 11) is 0. The summed E-state index contributed by atoms with van der Waals surface area (Å²) in [5.41, 5.74) is 4.89. The highest BCUT2D eigenvalue weighted by Gasteiger charge is 2.09. The molecule has 0 N–H and O–H groups in total. The fraction of sp³-hybridized carbons (Fsp3) is 0.583. The Morgan fingerprint density at radius 3 is 2.14 bits per heavy atom. The maximum absolute atomic E-state index is 4.51. The van der Waals surface area contributed by atoms with Gasteiger partial charge in [0.1, 0.15) is 0 Å². The topological polar surface area (TPSA) is 16.1 Å². The second kappa shape index (κ2) is 4.45. The summed E-state index contributed by atoms with van der Waals surface area (Å²) in [6, 6.07) is 2.15. The molecule has 0 aliphatic carbocycles. The Kier molecular flexibility index (Phi) is 3.50. The Morgan fingerprint density at radius 2 is 1.71 bits per heavy atom. The van der Waals surface area contributed by atoms with E-state index in [-0.39, 0.29) is 0 Å². The molecule has 1 heterocycles. The highest BCUT2D eigenvalue weighted by Crippen LogP contribution is 2.23. The van der Waals surface area contributed by atoms with Gasteiger partial charge in [-0.2, -0.15) is 0 Å². The predicted octanol–water partition coefficient (Wildman–Crippen LogP) is 2.85. The molecule has 0 aliphatic heterocycles. The normalized spacial score (nSPS) is 10.4. The summed E-state index contributed by atoms with van der Waals surface area (Å²) in [5.74, 6) is 0. The third-order valence-electron chi connectivity index (χ3n) is 2.57. The lowest BCUT2D eigenvalue weighted by atomic mass is 10.1. The lowest BCUT2D eigenvalue weighted by Gasteiger charge is -2.24. The molecule has 2 nitrogen and oxygen atoms in total. The third-order valence-corrected chi connectivity index (χ3v) is 2.57. The van der Waals surface area contributed by atoms with Crippen LogP contribution in [0.3, 0.4) is 0 Å². The minimum atomic E-state index is 1.04. The van der Waals surface area contributed by atoms with Gasteiger partial charge in [0, 0.05) is 18.8 Å². The Hall–Kier alpha value is -1.05. The van der Waals surface area contributed by atoms with E-state index in [0.717, 1.165) is 24.5 Å². The van der Waals surface area contributed by atoms with Gasteiger partial charge in [-0.1, -0.05) is 0 Å². The zero-order chi connectivity index (χ0) is 10.7. The number of aromatic nitrogens is 1. The molecule has 0 unspecified atom stereocenters. The Labute approximate surface area is 87.0 Å². The molecule has 1 rings (SSSR count). The van der Waals surface area contributed by atoms with Crippen molar-refractivity contribution in [2.45, 2.75) is 34.6 Å². The van der Waals surface area contributed by atoms with Crippen LogP contribution in [0.2, 0.25) is 0 Å². The molecule has 1 aromatic rings. The summed E-state index contributed by atoms with van der Waals surface area (Å²) in [6.45, 7) is 12.8. The van der Waals surface area contributed by atoms with Gasteiger partial charge in [-0.25, -0.2) is 0 Å². The van der Waals surface area contributed by atoms with E-state index in [4.69, 9.17) is 0 Å². The Morgan fingerprint density at radius 1 is 1.14 bits per heavy atom. The molecular formula is C12H20N2. The lowest BCUT2D eigenvalue weighted by Crippen LogP contribution is -2.24. The number of nitrogens with zero attached hydrogens (tertiary/aromatic N) is 2. The van der Waals surface area contributed by atoms with Crippen LogP contribution in [0.5, 0.6) is 0 Å². The molecule has 78 valence electrons. The van der Waals surface area contributed by atoms with Gasteiger partial charge in [0.2, 0.25) is 0 Å². The highest BCUT2D eigenvalue weighted by molar-refractivity contribution is 5.56. The summed E-state index contributed by atoms with van der Waals surface area (Å²) >= 11 is 0. The second-order valence-corrected chi connectivity index (χ2v) is 3.69. The molecule has 0 atom stereocenters. The molecule has 0 amide bonds. The van der Waals surface area contributed by atoms with Gasteiger partial charge in [0.05, 0.1) is 11.4 Å². The van der Waals surface area contributed by atoms with E-state index < -0.39 is 0 Å². The van der Waals surface area contributed by atoms with E-state index in [2.05, 4.69) is 43.6 Å². The van der Waals surface area contributed by atoms with E-state index in [1.54, 1.807) is 0 Å². The van der Waals surface area contributed by atoms with Gasteiger partial charge in [-0.15, -0.1) is 0 Å². The Balaban J connectivity index is 3.19. The quantitative estimate of drug-likeness (QED) is 0.732. The van der Waals surface area contributed by atoms with E-state index in [9.17, 15) is 0 Å². The summed E-state index contributed by atoms with van der Waals surface area (Å²) < 4.78 is 0. The van der Waals surface area contributed by atoms with Crippen molar-refractivity contribution in [3.63, 3.8) is 0 Å². The fourth-order valence-corrected chi connectivity index (χ4v) is 2.03. The molecule has 14 heavy (non-hydrogen) atoms. The summed E-state index contributed by atoms with van der Waals surface area (Å²) in [5, 5.41) is 0. The average molecular weight is 192 g/mol. The highest BCUT2D eigenvalue weighted by atomic mass is 15.1. The molecule has 0 spiro atoms. The van der Waals surface area contributed by atoms with Crippen molar-refractivity contribution < 1.29 is 0 Å². The van der Waals surface area contributed by atoms with Crippen LogP contribution >= 0.6 is 0 Å². The maximum Gasteiger partial charge on any atom is 0.0612 e. The van der Waals surface area contributed by atoms with Crippen LogP contribution in [0.15, 0.2) is 6.07 Å². The van der Waals surface area contributed by atoms with Gasteiger partial charge in [0.15, 0.2) is 0 Å². The molecule has 1 aromatic heterocycles. The molecule has 0 aromatic carbocycles. The first-order valence-corrected chi connectivity index (χ1v) is 5.29. The second-order valence-electron chi connectivity index (χ2n) is 3.69. The van der Waals surface area contributed by atoms with Crippen LogP contribution in [0, 0.1) is 20.8 Å². The van der Waals surface area contributed by atoms with Gasteiger partial charge in [0.25, 0.3) is 0 Å². The zero-order valence-corrected chi connectivity index (χ0v) is 9.89. The molecule has 0 saturated heterocycles. The summed E-state index contributed by atoms with van der Waals surface area (Å²) in [6.07, 6.45) is 0. The van der Waals surface area contributed by atoms with Crippen LogP contribution in [-0.2, 0) is 0 Å². The fourth-order valence-electron chi connectivity index (χ4n) is 2.03. The van der Waals surface area contributed by atoms with E-state index >= 15 is 0 Å². The van der Waals surface area contributed by atoms with E-state index in [1.807, 2.05) is 6.92 Å². The number of pyridine rings is 1. The number of hydrogen-bond acceptors (Lipinski definition) is 2. The van der Waals surface area contributed by atoms with E-state index in [0.29, 0.717) is 0 Å². The van der Waals surface area contributed by atoms with Crippen LogP contribution in [0.1, 0.15) is 30.8 Å². The SMILES string of the molecule is CCN(CC)c1c(C)cc(C)nc1C. The first-order valence-electron chi connectivity index (χ1n) is 5.29. The average Bonchev–Trinajstić information content (AvgIpc) is 2.10. The number of hydrogen-bond donors (Lipinski definition) is 0. The Bertz CT molecular complexity index is 291. The van der Waals surface area contributed by atoms with E-state index in [1.165, 1.54) is 11.3 Å². The molecule has 2 heteroatoms. The minimum Gasteiger partial charge on any atom is -0.370 e. The van der Waals surface area contributed by atoms with Gasteiger partial charge >= 0.3 is 0 Å². The van der Waals surface area contributed by atoms with Gasteiger partial charge in [-0.3, -0.25) is 4.98 Å². The number of aryl methyl sites for hydroxylation is 3. The number of rotatable bonds is 3. The number of anilines is 1. The smallest absolute Gasteiger partial charge is 0.0612 e. The standard InChI is InChI=1S/C12H20N2/c1-6-14(7-2)12-9(3)8-10(4)13-11(12)5/h8H,6-7H2,1-5H3. The van der Waals surface area contributed by atoms with Crippen molar-refractivity contribution in [3.8, 4) is 0 Å². The first-order chi connectivity index (χ1) is 6.60. The third kappa shape index (κ3) is 2.06. The summed E-state index contributed by atoms with van der Waals surface area (Å²) in [4.78, 5) is 6.87. The monoisotopic (exact) mass is 192 g/mol. The molecule has 0 radical (unpaired) electrons. The predicted molar refractivity (Wildman–Crippen MR) is 62.0 cm³/mol. The van der Waals surface area contributed by atoms with Crippen LogP contribution < -0.4 is 4.90 Å². The van der Waals surface area contributed by atoms with Gasteiger partial charge < -0.3 is 4.90 Å². The lowest BCUT2D eigenvalue weighted by molar-refractivity contribution is 0.847. The molecule has 0 saturated carbocycles. The maximum atomic E-state index is 4.51.